The minimum atomic E-state index is -0.0699. The summed E-state index contributed by atoms with van der Waals surface area (Å²) in [4.78, 5) is 14.9. The summed E-state index contributed by atoms with van der Waals surface area (Å²) in [5, 5.41) is 10.4. The van der Waals surface area contributed by atoms with E-state index in [-0.39, 0.29) is 5.91 Å². The molecule has 0 spiro atoms. The lowest BCUT2D eigenvalue weighted by molar-refractivity contribution is -0.115. The lowest BCUT2D eigenvalue weighted by Gasteiger charge is -2.35. The normalized spacial score (nSPS) is 20.4. The van der Waals surface area contributed by atoms with Gasteiger partial charge in [-0.3, -0.25) is 14.8 Å². The van der Waals surface area contributed by atoms with E-state index in [1.54, 1.807) is 7.11 Å². The van der Waals surface area contributed by atoms with Crippen molar-refractivity contribution in [3.05, 3.63) is 77.0 Å². The van der Waals surface area contributed by atoms with Gasteiger partial charge in [0.1, 0.15) is 5.75 Å². The van der Waals surface area contributed by atoms with E-state index in [0.717, 1.165) is 36.4 Å². The molecule has 0 radical (unpaired) electrons. The van der Waals surface area contributed by atoms with Gasteiger partial charge in [0.05, 0.1) is 13.5 Å². The number of likely N-dealkylation sites (tertiary alicyclic amines) is 1. The first-order chi connectivity index (χ1) is 16.2. The van der Waals surface area contributed by atoms with E-state index in [9.17, 15) is 4.79 Å². The third-order valence-corrected chi connectivity index (χ3v) is 6.99. The van der Waals surface area contributed by atoms with Crippen LogP contribution in [-0.2, 0) is 17.8 Å². The Bertz CT molecular complexity index is 1080. The quantitative estimate of drug-likeness (QED) is 0.521. The summed E-state index contributed by atoms with van der Waals surface area (Å²) in [5.74, 6) is 2.38. The van der Waals surface area contributed by atoms with E-state index in [2.05, 4.69) is 44.7 Å². The van der Waals surface area contributed by atoms with Crippen molar-refractivity contribution in [3.63, 3.8) is 0 Å². The molecular weight excluding hydrogens is 412 g/mol. The van der Waals surface area contributed by atoms with Crippen LogP contribution in [0.2, 0.25) is 0 Å². The largest absolute Gasteiger partial charge is 0.497 e. The average Bonchev–Trinajstić information content (AvgIpc) is 3.46. The van der Waals surface area contributed by atoms with Crippen LogP contribution in [0.15, 0.2) is 54.6 Å². The SMILES string of the molecule is COc1ccc(CC(=O)Nc2cc(C3CC(c4cccc(CN5CCCC5)c4)C3)[nH]n2)cc1. The zero-order valence-corrected chi connectivity index (χ0v) is 19.2. The number of aromatic nitrogens is 2. The Hall–Kier alpha value is -3.12. The topological polar surface area (TPSA) is 70.2 Å². The number of hydrogen-bond donors (Lipinski definition) is 2. The Labute approximate surface area is 195 Å². The lowest BCUT2D eigenvalue weighted by atomic mass is 9.70. The molecule has 1 aliphatic carbocycles. The molecule has 0 atom stereocenters. The number of carbonyl (C=O) groups excluding carboxylic acids is 1. The number of rotatable bonds is 8. The van der Waals surface area contributed by atoms with Gasteiger partial charge in [0.15, 0.2) is 5.82 Å². The number of hydrogen-bond acceptors (Lipinski definition) is 4. The van der Waals surface area contributed by atoms with Crippen LogP contribution in [0.1, 0.15) is 59.9 Å². The van der Waals surface area contributed by atoms with Crippen LogP contribution in [0.3, 0.4) is 0 Å². The van der Waals surface area contributed by atoms with Crippen LogP contribution >= 0.6 is 0 Å². The Morgan fingerprint density at radius 1 is 1.06 bits per heavy atom. The number of benzene rings is 2. The van der Waals surface area contributed by atoms with E-state index < -0.39 is 0 Å². The van der Waals surface area contributed by atoms with Crippen molar-refractivity contribution in [1.82, 2.24) is 15.1 Å². The Morgan fingerprint density at radius 3 is 2.61 bits per heavy atom. The molecule has 1 amide bonds. The zero-order chi connectivity index (χ0) is 22.6. The Morgan fingerprint density at radius 2 is 1.85 bits per heavy atom. The summed E-state index contributed by atoms with van der Waals surface area (Å²) in [6.07, 6.45) is 5.21. The number of aromatic amines is 1. The highest BCUT2D eigenvalue weighted by molar-refractivity contribution is 5.91. The van der Waals surface area contributed by atoms with Gasteiger partial charge in [0.25, 0.3) is 0 Å². The molecule has 1 aromatic heterocycles. The van der Waals surface area contributed by atoms with Crippen molar-refractivity contribution in [2.24, 2.45) is 0 Å². The van der Waals surface area contributed by atoms with Crippen LogP contribution in [0, 0.1) is 0 Å². The van der Waals surface area contributed by atoms with Crippen molar-refractivity contribution < 1.29 is 9.53 Å². The first-order valence-electron chi connectivity index (χ1n) is 12.0. The van der Waals surface area contributed by atoms with Crippen molar-refractivity contribution in [2.45, 2.75) is 50.5 Å². The smallest absolute Gasteiger partial charge is 0.229 e. The van der Waals surface area contributed by atoms with E-state index in [1.807, 2.05) is 30.3 Å². The number of carbonyl (C=O) groups is 1. The second-order valence-electron chi connectivity index (χ2n) is 9.38. The molecule has 6 nitrogen and oxygen atoms in total. The van der Waals surface area contributed by atoms with Gasteiger partial charge in [-0.15, -0.1) is 0 Å². The van der Waals surface area contributed by atoms with Crippen LogP contribution in [0.25, 0.3) is 0 Å². The third kappa shape index (κ3) is 5.28. The molecule has 2 aromatic carbocycles. The number of methoxy groups -OCH3 is 1. The van der Waals surface area contributed by atoms with Gasteiger partial charge in [-0.2, -0.15) is 5.10 Å². The van der Waals surface area contributed by atoms with Crippen molar-refractivity contribution >= 4 is 11.7 Å². The molecule has 3 aromatic rings. The first-order valence-corrected chi connectivity index (χ1v) is 12.0. The molecule has 0 bridgehead atoms. The van der Waals surface area contributed by atoms with Crippen LogP contribution in [-0.4, -0.2) is 41.2 Å². The van der Waals surface area contributed by atoms with E-state index in [0.29, 0.717) is 24.1 Å². The number of H-pyrrole nitrogens is 1. The minimum Gasteiger partial charge on any atom is -0.497 e. The maximum absolute atomic E-state index is 12.4. The molecule has 172 valence electrons. The van der Waals surface area contributed by atoms with Crippen LogP contribution in [0.4, 0.5) is 5.82 Å². The average molecular weight is 445 g/mol. The summed E-state index contributed by atoms with van der Waals surface area (Å²) >= 11 is 0. The van der Waals surface area contributed by atoms with Crippen molar-refractivity contribution in [2.75, 3.05) is 25.5 Å². The molecular formula is C27H32N4O2. The van der Waals surface area contributed by atoms with Gasteiger partial charge in [0.2, 0.25) is 5.91 Å². The summed E-state index contributed by atoms with van der Waals surface area (Å²) in [5.41, 5.74) is 4.94. The molecule has 5 rings (SSSR count). The van der Waals surface area contributed by atoms with Gasteiger partial charge in [-0.1, -0.05) is 36.4 Å². The maximum atomic E-state index is 12.4. The Balaban J connectivity index is 1.12. The van der Waals surface area contributed by atoms with Crippen molar-refractivity contribution in [3.8, 4) is 5.75 Å². The zero-order valence-electron chi connectivity index (χ0n) is 19.2. The van der Waals surface area contributed by atoms with Gasteiger partial charge in [-0.25, -0.2) is 0 Å². The highest BCUT2D eigenvalue weighted by atomic mass is 16.5. The fraction of sp³-hybridized carbons (Fsp3) is 0.407. The second-order valence-corrected chi connectivity index (χ2v) is 9.38. The fourth-order valence-electron chi connectivity index (χ4n) is 5.01. The molecule has 33 heavy (non-hydrogen) atoms. The van der Waals surface area contributed by atoms with Gasteiger partial charge in [-0.05, 0) is 73.5 Å². The van der Waals surface area contributed by atoms with E-state index in [1.165, 1.54) is 37.1 Å². The highest BCUT2D eigenvalue weighted by Gasteiger charge is 2.33. The molecule has 2 fully saturated rings. The Kier molecular flexibility index (Phi) is 6.44. The number of anilines is 1. The molecule has 1 saturated heterocycles. The minimum absolute atomic E-state index is 0.0699. The van der Waals surface area contributed by atoms with Gasteiger partial charge < -0.3 is 10.1 Å². The molecule has 1 aliphatic heterocycles. The molecule has 2 N–H and O–H groups in total. The first kappa shape index (κ1) is 21.7. The maximum Gasteiger partial charge on any atom is 0.229 e. The van der Waals surface area contributed by atoms with Crippen LogP contribution < -0.4 is 10.1 Å². The molecule has 1 saturated carbocycles. The molecule has 6 heteroatoms. The molecule has 2 heterocycles. The number of nitrogens with one attached hydrogen (secondary N) is 2. The molecule has 0 unspecified atom stereocenters. The third-order valence-electron chi connectivity index (χ3n) is 6.99. The highest BCUT2D eigenvalue weighted by Crippen LogP contribution is 2.47. The number of ether oxygens (including phenoxy) is 1. The van der Waals surface area contributed by atoms with Crippen LogP contribution in [0.5, 0.6) is 5.75 Å². The van der Waals surface area contributed by atoms with E-state index >= 15 is 0 Å². The fourth-order valence-corrected chi connectivity index (χ4v) is 5.01. The summed E-state index contributed by atoms with van der Waals surface area (Å²) in [6.45, 7) is 3.53. The van der Waals surface area contributed by atoms with Gasteiger partial charge >= 0.3 is 0 Å². The summed E-state index contributed by atoms with van der Waals surface area (Å²) in [6, 6.07) is 18.7. The lowest BCUT2D eigenvalue weighted by Crippen LogP contribution is -2.21. The number of nitrogens with zero attached hydrogens (tertiary/aromatic N) is 2. The predicted molar refractivity (Wildman–Crippen MR) is 130 cm³/mol. The van der Waals surface area contributed by atoms with Crippen molar-refractivity contribution in [1.29, 1.82) is 0 Å². The standard InChI is InChI=1S/C27H32N4O2/c1-33-24-9-7-19(8-10-24)14-27(32)28-26-17-25(29-30-26)23-15-22(16-23)21-6-4-5-20(13-21)18-31-11-2-3-12-31/h4-10,13,17,22-23H,2-3,11-12,14-16,18H2,1H3,(H2,28,29,30,32). The monoisotopic (exact) mass is 444 g/mol. The number of amides is 1. The van der Waals surface area contributed by atoms with Gasteiger partial charge in [0, 0.05) is 24.2 Å². The van der Waals surface area contributed by atoms with E-state index in [4.69, 9.17) is 4.74 Å². The summed E-state index contributed by atoms with van der Waals surface area (Å²) < 4.78 is 5.16. The molecule has 2 aliphatic rings. The predicted octanol–water partition coefficient (Wildman–Crippen LogP) is 4.86. The second kappa shape index (κ2) is 9.79. The summed E-state index contributed by atoms with van der Waals surface area (Å²) in [7, 11) is 1.63.